The summed E-state index contributed by atoms with van der Waals surface area (Å²) < 4.78 is 0.841. The maximum absolute atomic E-state index is 3.98. The van der Waals surface area contributed by atoms with E-state index in [2.05, 4.69) is 38.4 Å². The first-order valence-electron chi connectivity index (χ1n) is 4.01. The van der Waals surface area contributed by atoms with Gasteiger partial charge in [0.2, 0.25) is 5.13 Å². The van der Waals surface area contributed by atoms with Gasteiger partial charge in [-0.05, 0) is 41.6 Å². The molecule has 3 nitrogen and oxygen atoms in total. The van der Waals surface area contributed by atoms with Crippen molar-refractivity contribution < 1.29 is 0 Å². The van der Waals surface area contributed by atoms with Crippen LogP contribution in [0.25, 0.3) is 0 Å². The second kappa shape index (κ2) is 3.30. The fourth-order valence-corrected chi connectivity index (χ4v) is 2.28. The van der Waals surface area contributed by atoms with Gasteiger partial charge in [-0.3, -0.25) is 0 Å². The van der Waals surface area contributed by atoms with E-state index in [0.29, 0.717) is 6.04 Å². The van der Waals surface area contributed by atoms with Crippen LogP contribution >= 0.6 is 27.3 Å². The highest BCUT2D eigenvalue weighted by Gasteiger charge is 2.28. The first-order valence-corrected chi connectivity index (χ1v) is 5.62. The molecule has 1 aromatic heterocycles. The van der Waals surface area contributed by atoms with Crippen molar-refractivity contribution >= 4 is 32.4 Å². The van der Waals surface area contributed by atoms with Crippen LogP contribution < -0.4 is 5.32 Å². The molecule has 0 radical (unpaired) electrons. The van der Waals surface area contributed by atoms with Crippen molar-refractivity contribution in [1.29, 1.82) is 0 Å². The maximum Gasteiger partial charge on any atom is 0.206 e. The number of aromatic nitrogens is 2. The van der Waals surface area contributed by atoms with Crippen molar-refractivity contribution in [3.05, 3.63) is 3.92 Å². The third-order valence-corrected chi connectivity index (χ3v) is 3.37. The molecular weight excluding hydrogens is 238 g/mol. The van der Waals surface area contributed by atoms with E-state index in [1.54, 1.807) is 11.3 Å². The van der Waals surface area contributed by atoms with Gasteiger partial charge in [0.1, 0.15) is 0 Å². The number of rotatable bonds is 3. The summed E-state index contributed by atoms with van der Waals surface area (Å²) in [6.07, 6.45) is 2.71. The molecule has 1 fully saturated rings. The summed E-state index contributed by atoms with van der Waals surface area (Å²) in [7, 11) is 0. The molecule has 1 aromatic rings. The number of nitrogens with zero attached hydrogens (tertiary/aromatic N) is 2. The minimum absolute atomic E-state index is 0.546. The molecule has 0 amide bonds. The van der Waals surface area contributed by atoms with Gasteiger partial charge in [0.15, 0.2) is 3.92 Å². The average Bonchev–Trinajstić information content (AvgIpc) is 2.78. The molecule has 12 heavy (non-hydrogen) atoms. The molecule has 0 bridgehead atoms. The lowest BCUT2D eigenvalue weighted by Gasteiger charge is -2.09. The van der Waals surface area contributed by atoms with Crippen LogP contribution in [0.15, 0.2) is 3.92 Å². The Morgan fingerprint density at radius 2 is 2.33 bits per heavy atom. The van der Waals surface area contributed by atoms with E-state index >= 15 is 0 Å². The Balaban J connectivity index is 1.93. The molecule has 66 valence electrons. The number of hydrogen-bond donors (Lipinski definition) is 1. The zero-order chi connectivity index (χ0) is 8.55. The summed E-state index contributed by atoms with van der Waals surface area (Å²) in [6.45, 7) is 2.20. The Morgan fingerprint density at radius 3 is 2.83 bits per heavy atom. The molecule has 1 saturated carbocycles. The summed E-state index contributed by atoms with van der Waals surface area (Å²) in [4.78, 5) is 0. The number of hydrogen-bond acceptors (Lipinski definition) is 4. The second-order valence-electron chi connectivity index (χ2n) is 3.13. The Morgan fingerprint density at radius 1 is 1.58 bits per heavy atom. The van der Waals surface area contributed by atoms with Crippen LogP contribution in [-0.4, -0.2) is 16.2 Å². The standard InChI is InChI=1S/C7H10BrN3S/c1-4(5-2-3-5)9-7-11-10-6(8)12-7/h4-5H,2-3H2,1H3,(H,9,11). The molecule has 1 heterocycles. The molecule has 0 aromatic carbocycles. The highest BCUT2D eigenvalue weighted by atomic mass is 79.9. The van der Waals surface area contributed by atoms with Gasteiger partial charge in [-0.2, -0.15) is 0 Å². The molecule has 0 aliphatic heterocycles. The number of nitrogens with one attached hydrogen (secondary N) is 1. The molecule has 1 aliphatic rings. The minimum atomic E-state index is 0.546. The van der Waals surface area contributed by atoms with E-state index in [-0.39, 0.29) is 0 Å². The highest BCUT2D eigenvalue weighted by Crippen LogP contribution is 2.34. The van der Waals surface area contributed by atoms with E-state index in [9.17, 15) is 0 Å². The molecule has 5 heteroatoms. The summed E-state index contributed by atoms with van der Waals surface area (Å²) in [5, 5.41) is 12.1. The first kappa shape index (κ1) is 8.44. The van der Waals surface area contributed by atoms with Crippen molar-refractivity contribution in [1.82, 2.24) is 10.2 Å². The summed E-state index contributed by atoms with van der Waals surface area (Å²) in [6, 6.07) is 0.546. The molecule has 1 N–H and O–H groups in total. The van der Waals surface area contributed by atoms with Crippen molar-refractivity contribution in [2.24, 2.45) is 5.92 Å². The third kappa shape index (κ3) is 1.95. The quantitative estimate of drug-likeness (QED) is 0.893. The maximum atomic E-state index is 3.98. The number of anilines is 1. The van der Waals surface area contributed by atoms with Crippen molar-refractivity contribution in [3.63, 3.8) is 0 Å². The van der Waals surface area contributed by atoms with Crippen LogP contribution in [0.5, 0.6) is 0 Å². The van der Waals surface area contributed by atoms with Crippen LogP contribution in [0.1, 0.15) is 19.8 Å². The van der Waals surface area contributed by atoms with Crippen molar-refractivity contribution in [2.45, 2.75) is 25.8 Å². The first-order chi connectivity index (χ1) is 5.75. The minimum Gasteiger partial charge on any atom is -0.357 e. The van der Waals surface area contributed by atoms with E-state index in [1.807, 2.05) is 0 Å². The molecule has 2 rings (SSSR count). The second-order valence-corrected chi connectivity index (χ2v) is 5.38. The lowest BCUT2D eigenvalue weighted by Crippen LogP contribution is -2.16. The molecule has 0 spiro atoms. The average molecular weight is 248 g/mol. The lowest BCUT2D eigenvalue weighted by molar-refractivity contribution is 0.692. The van der Waals surface area contributed by atoms with Crippen LogP contribution in [0.3, 0.4) is 0 Å². The van der Waals surface area contributed by atoms with Crippen LogP contribution in [0, 0.1) is 5.92 Å². The lowest BCUT2D eigenvalue weighted by atomic mass is 10.2. The van der Waals surface area contributed by atoms with E-state index in [0.717, 1.165) is 15.0 Å². The fraction of sp³-hybridized carbons (Fsp3) is 0.714. The predicted octanol–water partition coefficient (Wildman–Crippen LogP) is 2.51. The zero-order valence-corrected chi connectivity index (χ0v) is 9.15. The fourth-order valence-electron chi connectivity index (χ4n) is 1.17. The smallest absolute Gasteiger partial charge is 0.206 e. The van der Waals surface area contributed by atoms with Gasteiger partial charge in [0.05, 0.1) is 0 Å². The molecule has 1 unspecified atom stereocenters. The summed E-state index contributed by atoms with van der Waals surface area (Å²) in [5.74, 6) is 0.854. The van der Waals surface area contributed by atoms with E-state index in [1.165, 1.54) is 12.8 Å². The zero-order valence-electron chi connectivity index (χ0n) is 6.75. The van der Waals surface area contributed by atoms with Crippen LogP contribution in [0.4, 0.5) is 5.13 Å². The van der Waals surface area contributed by atoms with Gasteiger partial charge in [-0.1, -0.05) is 11.3 Å². The van der Waals surface area contributed by atoms with Gasteiger partial charge < -0.3 is 5.32 Å². The topological polar surface area (TPSA) is 37.8 Å². The van der Waals surface area contributed by atoms with E-state index < -0.39 is 0 Å². The molecule has 1 aliphatic carbocycles. The molecular formula is C7H10BrN3S. The van der Waals surface area contributed by atoms with Crippen LogP contribution in [0.2, 0.25) is 0 Å². The Kier molecular flexibility index (Phi) is 2.32. The van der Waals surface area contributed by atoms with Crippen LogP contribution in [-0.2, 0) is 0 Å². The Hall–Kier alpha value is -0.160. The van der Waals surface area contributed by atoms with Gasteiger partial charge in [0.25, 0.3) is 0 Å². The molecule has 0 saturated heterocycles. The van der Waals surface area contributed by atoms with E-state index in [4.69, 9.17) is 0 Å². The number of halogens is 1. The van der Waals surface area contributed by atoms with Crippen molar-refractivity contribution in [2.75, 3.05) is 5.32 Å². The van der Waals surface area contributed by atoms with Gasteiger partial charge in [-0.25, -0.2) is 0 Å². The monoisotopic (exact) mass is 247 g/mol. The Bertz CT molecular complexity index is 271. The summed E-state index contributed by atoms with van der Waals surface area (Å²) >= 11 is 4.82. The van der Waals surface area contributed by atoms with Gasteiger partial charge in [0, 0.05) is 6.04 Å². The normalized spacial score (nSPS) is 19.2. The molecule has 1 atom stereocenters. The SMILES string of the molecule is CC(Nc1nnc(Br)s1)C1CC1. The van der Waals surface area contributed by atoms with Crippen molar-refractivity contribution in [3.8, 4) is 0 Å². The van der Waals surface area contributed by atoms with Gasteiger partial charge in [-0.15, -0.1) is 10.2 Å². The predicted molar refractivity (Wildman–Crippen MR) is 53.4 cm³/mol. The summed E-state index contributed by atoms with van der Waals surface area (Å²) in [5.41, 5.74) is 0. The third-order valence-electron chi connectivity index (χ3n) is 2.08. The highest BCUT2D eigenvalue weighted by molar-refractivity contribution is 9.11. The Labute approximate surface area is 83.7 Å². The largest absolute Gasteiger partial charge is 0.357 e. The van der Waals surface area contributed by atoms with Gasteiger partial charge >= 0.3 is 0 Å².